The fourth-order valence-electron chi connectivity index (χ4n) is 1.71. The largest absolute Gasteiger partial charge is 0.384 e. The molecule has 0 aliphatic carbocycles. The molecule has 0 fully saturated rings. The van der Waals surface area contributed by atoms with E-state index in [9.17, 15) is 4.79 Å². The summed E-state index contributed by atoms with van der Waals surface area (Å²) in [5, 5.41) is 11.8. The summed E-state index contributed by atoms with van der Waals surface area (Å²) in [6.45, 7) is 4.87. The van der Waals surface area contributed by atoms with E-state index in [-0.39, 0.29) is 5.91 Å². The number of nitrogens with one attached hydrogen (secondary N) is 1. The van der Waals surface area contributed by atoms with Gasteiger partial charge in [0.1, 0.15) is 0 Å². The molecular formula is C15H19N3O2S3. The number of hydrogen-bond donors (Lipinski definition) is 1. The summed E-state index contributed by atoms with van der Waals surface area (Å²) >= 11 is 4.61. The molecule has 5 nitrogen and oxygen atoms in total. The van der Waals surface area contributed by atoms with E-state index >= 15 is 0 Å². The molecule has 0 aliphatic rings. The predicted molar refractivity (Wildman–Crippen MR) is 97.9 cm³/mol. The van der Waals surface area contributed by atoms with Crippen LogP contribution in [0.4, 0.5) is 5.13 Å². The third-order valence-corrected chi connectivity index (χ3v) is 5.65. The molecular weight excluding hydrogens is 350 g/mol. The fourth-order valence-corrected chi connectivity index (χ4v) is 4.38. The number of amides is 1. The van der Waals surface area contributed by atoms with Crippen molar-refractivity contribution >= 4 is 45.9 Å². The Morgan fingerprint density at radius 3 is 2.87 bits per heavy atom. The van der Waals surface area contributed by atoms with Gasteiger partial charge in [-0.15, -0.1) is 22.0 Å². The van der Waals surface area contributed by atoms with Crippen LogP contribution in [0, 0.1) is 0 Å². The number of carbonyl (C=O) groups excluding carboxylic acids is 1. The van der Waals surface area contributed by atoms with Gasteiger partial charge in [-0.1, -0.05) is 49.1 Å². The van der Waals surface area contributed by atoms with Gasteiger partial charge in [0.15, 0.2) is 4.34 Å². The molecule has 1 N–H and O–H groups in total. The predicted octanol–water partition coefficient (Wildman–Crippen LogP) is 4.03. The van der Waals surface area contributed by atoms with Crippen LogP contribution in [-0.2, 0) is 4.74 Å². The van der Waals surface area contributed by atoms with Crippen LogP contribution in [0.5, 0.6) is 0 Å². The summed E-state index contributed by atoms with van der Waals surface area (Å²) in [5.74, 6) is 0.658. The molecule has 0 saturated carbocycles. The van der Waals surface area contributed by atoms with Gasteiger partial charge in [-0.25, -0.2) is 0 Å². The highest BCUT2D eigenvalue weighted by Crippen LogP contribution is 2.29. The molecule has 0 atom stereocenters. The third-order valence-electron chi connectivity index (χ3n) is 2.63. The highest BCUT2D eigenvalue weighted by Gasteiger charge is 2.15. The number of nitrogens with zero attached hydrogens (tertiary/aromatic N) is 2. The summed E-state index contributed by atoms with van der Waals surface area (Å²) < 4.78 is 5.82. The molecule has 0 bridgehead atoms. The number of rotatable bonds is 8. The Morgan fingerprint density at radius 2 is 2.13 bits per heavy atom. The molecule has 8 heteroatoms. The Hall–Kier alpha value is -1.09. The maximum Gasteiger partial charge on any atom is 0.258 e. The monoisotopic (exact) mass is 369 g/mol. The first kappa shape index (κ1) is 18.3. The van der Waals surface area contributed by atoms with Crippen LogP contribution >= 0.6 is 34.9 Å². The molecule has 0 unspecified atom stereocenters. The van der Waals surface area contributed by atoms with Gasteiger partial charge in [0.05, 0.1) is 12.2 Å². The van der Waals surface area contributed by atoms with Gasteiger partial charge in [0, 0.05) is 23.0 Å². The van der Waals surface area contributed by atoms with Crippen molar-refractivity contribution in [2.24, 2.45) is 0 Å². The van der Waals surface area contributed by atoms with Crippen molar-refractivity contribution in [2.75, 3.05) is 24.8 Å². The van der Waals surface area contributed by atoms with Crippen molar-refractivity contribution in [1.82, 2.24) is 10.2 Å². The zero-order valence-corrected chi connectivity index (χ0v) is 15.7. The minimum Gasteiger partial charge on any atom is -0.384 e. The van der Waals surface area contributed by atoms with Gasteiger partial charge in [-0.3, -0.25) is 10.1 Å². The second-order valence-corrected chi connectivity index (χ2v) is 8.77. The first-order chi connectivity index (χ1) is 11.1. The molecule has 1 amide bonds. The van der Waals surface area contributed by atoms with Gasteiger partial charge in [-0.05, 0) is 12.1 Å². The van der Waals surface area contributed by atoms with E-state index in [2.05, 4.69) is 29.4 Å². The highest BCUT2D eigenvalue weighted by atomic mass is 32.2. The average Bonchev–Trinajstić information content (AvgIpc) is 2.95. The van der Waals surface area contributed by atoms with Crippen molar-refractivity contribution in [3.05, 3.63) is 29.8 Å². The fraction of sp³-hybridized carbons (Fsp3) is 0.400. The lowest BCUT2D eigenvalue weighted by Gasteiger charge is -2.10. The maximum atomic E-state index is 12.5. The van der Waals surface area contributed by atoms with E-state index in [1.165, 1.54) is 11.3 Å². The molecule has 124 valence electrons. The van der Waals surface area contributed by atoms with Gasteiger partial charge >= 0.3 is 0 Å². The van der Waals surface area contributed by atoms with Crippen molar-refractivity contribution in [2.45, 2.75) is 28.3 Å². The van der Waals surface area contributed by atoms with Gasteiger partial charge < -0.3 is 4.74 Å². The SMILES string of the molecule is COCCSc1nnc(NC(=O)c2ccccc2SC(C)C)s1. The molecule has 2 rings (SSSR count). The summed E-state index contributed by atoms with van der Waals surface area (Å²) in [6, 6.07) is 7.60. The van der Waals surface area contributed by atoms with E-state index in [0.717, 1.165) is 15.0 Å². The average molecular weight is 370 g/mol. The van der Waals surface area contributed by atoms with Gasteiger partial charge in [0.2, 0.25) is 5.13 Å². The zero-order chi connectivity index (χ0) is 16.7. The van der Waals surface area contributed by atoms with Crippen LogP contribution < -0.4 is 5.32 Å². The standard InChI is InChI=1S/C15H19N3O2S3/c1-10(2)22-12-7-5-4-6-11(12)13(19)16-14-17-18-15(23-14)21-9-8-20-3/h4-7,10H,8-9H2,1-3H3,(H,16,17,19). The van der Waals surface area contributed by atoms with Crippen molar-refractivity contribution in [1.29, 1.82) is 0 Å². The van der Waals surface area contributed by atoms with E-state index in [1.54, 1.807) is 30.6 Å². The Bertz CT molecular complexity index is 646. The molecule has 2 aromatic rings. The van der Waals surface area contributed by atoms with Crippen molar-refractivity contribution in [3.8, 4) is 0 Å². The number of aromatic nitrogens is 2. The Morgan fingerprint density at radius 1 is 1.35 bits per heavy atom. The normalized spacial score (nSPS) is 11.0. The van der Waals surface area contributed by atoms with E-state index in [4.69, 9.17) is 4.74 Å². The first-order valence-electron chi connectivity index (χ1n) is 7.12. The summed E-state index contributed by atoms with van der Waals surface area (Å²) in [7, 11) is 1.67. The van der Waals surface area contributed by atoms with Crippen LogP contribution in [-0.4, -0.2) is 40.8 Å². The molecule has 0 aliphatic heterocycles. The third kappa shape index (κ3) is 5.80. The minimum absolute atomic E-state index is 0.154. The number of hydrogen-bond acceptors (Lipinski definition) is 7. The van der Waals surface area contributed by atoms with Crippen LogP contribution in [0.3, 0.4) is 0 Å². The van der Waals surface area contributed by atoms with Crippen molar-refractivity contribution in [3.63, 3.8) is 0 Å². The smallest absolute Gasteiger partial charge is 0.258 e. The van der Waals surface area contributed by atoms with Gasteiger partial charge in [-0.2, -0.15) is 0 Å². The number of thioether (sulfide) groups is 2. The lowest BCUT2D eigenvalue weighted by Crippen LogP contribution is -2.13. The summed E-state index contributed by atoms with van der Waals surface area (Å²) in [5.41, 5.74) is 0.662. The number of methoxy groups -OCH3 is 1. The molecule has 1 heterocycles. The van der Waals surface area contributed by atoms with Crippen LogP contribution in [0.1, 0.15) is 24.2 Å². The second kappa shape index (κ2) is 9.27. The van der Waals surface area contributed by atoms with Gasteiger partial charge in [0.25, 0.3) is 5.91 Å². The Kier molecular flexibility index (Phi) is 7.35. The molecule has 1 aromatic carbocycles. The minimum atomic E-state index is -0.154. The van der Waals surface area contributed by atoms with Crippen molar-refractivity contribution < 1.29 is 9.53 Å². The molecule has 1 aromatic heterocycles. The molecule has 23 heavy (non-hydrogen) atoms. The first-order valence-corrected chi connectivity index (χ1v) is 9.80. The molecule has 0 saturated heterocycles. The van der Waals surface area contributed by atoms with E-state index in [1.807, 2.05) is 24.3 Å². The zero-order valence-electron chi connectivity index (χ0n) is 13.2. The van der Waals surface area contributed by atoms with E-state index in [0.29, 0.717) is 22.6 Å². The molecule has 0 spiro atoms. The number of carbonyl (C=O) groups is 1. The van der Waals surface area contributed by atoms with Crippen LogP contribution in [0.15, 0.2) is 33.5 Å². The lowest BCUT2D eigenvalue weighted by atomic mass is 10.2. The van der Waals surface area contributed by atoms with Crippen LogP contribution in [0.25, 0.3) is 0 Å². The maximum absolute atomic E-state index is 12.5. The van der Waals surface area contributed by atoms with E-state index < -0.39 is 0 Å². The summed E-state index contributed by atoms with van der Waals surface area (Å²) in [6.07, 6.45) is 0. The second-order valence-electron chi connectivity index (χ2n) is 4.83. The topological polar surface area (TPSA) is 64.1 Å². The number of benzene rings is 1. The highest BCUT2D eigenvalue weighted by molar-refractivity contribution is 8.01. The number of anilines is 1. The number of ether oxygens (including phenoxy) is 1. The lowest BCUT2D eigenvalue weighted by molar-refractivity contribution is 0.102. The molecule has 0 radical (unpaired) electrons. The Labute approximate surface area is 148 Å². The Balaban J connectivity index is 2.02. The van der Waals surface area contributed by atoms with Crippen LogP contribution in [0.2, 0.25) is 0 Å². The summed E-state index contributed by atoms with van der Waals surface area (Å²) in [4.78, 5) is 13.4. The quantitative estimate of drug-likeness (QED) is 0.431.